The van der Waals surface area contributed by atoms with E-state index in [1.165, 1.54) is 11.0 Å². The van der Waals surface area contributed by atoms with Crippen LogP contribution in [0.15, 0.2) is 12.1 Å². The number of hydrogen-bond acceptors (Lipinski definition) is 1. The number of likely N-dealkylation sites (tertiary alicyclic amines) is 1. The molecule has 0 saturated carbocycles. The van der Waals surface area contributed by atoms with Crippen molar-refractivity contribution in [1.82, 2.24) is 4.90 Å². The maximum Gasteiger partial charge on any atom is 0.260 e. The van der Waals surface area contributed by atoms with Crippen LogP contribution in [0, 0.1) is 15.2 Å². The highest BCUT2D eigenvalue weighted by atomic mass is 127. The number of amides is 1. The van der Waals surface area contributed by atoms with E-state index in [1.807, 2.05) is 6.92 Å². The van der Waals surface area contributed by atoms with Crippen molar-refractivity contribution in [3.05, 3.63) is 32.9 Å². The molecule has 2 nitrogen and oxygen atoms in total. The largest absolute Gasteiger partial charge is 0.336 e. The third kappa shape index (κ3) is 2.29. The van der Waals surface area contributed by atoms with Crippen molar-refractivity contribution in [3.63, 3.8) is 0 Å². The van der Waals surface area contributed by atoms with Crippen LogP contribution in [0.5, 0.6) is 0 Å². The van der Waals surface area contributed by atoms with Crippen LogP contribution >= 0.6 is 22.6 Å². The van der Waals surface area contributed by atoms with Crippen molar-refractivity contribution in [2.45, 2.75) is 25.8 Å². The molecule has 1 saturated heterocycles. The third-order valence-corrected chi connectivity index (χ3v) is 3.90. The number of hydrogen-bond donors (Lipinski definition) is 0. The first-order valence-electron chi connectivity index (χ1n) is 5.47. The lowest BCUT2D eigenvalue weighted by molar-refractivity contribution is 0.0737. The fourth-order valence-corrected chi connectivity index (χ4v) is 2.55. The number of benzene rings is 1. The van der Waals surface area contributed by atoms with Gasteiger partial charge in [0.15, 0.2) is 5.82 Å². The first-order valence-corrected chi connectivity index (χ1v) is 6.54. The molecule has 1 aromatic rings. The van der Waals surface area contributed by atoms with Gasteiger partial charge in [0.2, 0.25) is 0 Å². The van der Waals surface area contributed by atoms with Gasteiger partial charge in [-0.3, -0.25) is 4.79 Å². The van der Waals surface area contributed by atoms with E-state index in [2.05, 4.69) is 0 Å². The summed E-state index contributed by atoms with van der Waals surface area (Å²) in [5.41, 5.74) is -0.425. The molecule has 17 heavy (non-hydrogen) atoms. The zero-order chi connectivity index (χ0) is 12.6. The van der Waals surface area contributed by atoms with Gasteiger partial charge in [0.1, 0.15) is 11.4 Å². The van der Waals surface area contributed by atoms with E-state index in [9.17, 15) is 13.6 Å². The Bertz CT molecular complexity index is 464. The maximum absolute atomic E-state index is 13.8. The van der Waals surface area contributed by atoms with Gasteiger partial charge >= 0.3 is 0 Å². The van der Waals surface area contributed by atoms with Gasteiger partial charge in [-0.15, -0.1) is 0 Å². The third-order valence-electron chi connectivity index (χ3n) is 3.07. The average molecular weight is 351 g/mol. The quantitative estimate of drug-likeness (QED) is 0.562. The van der Waals surface area contributed by atoms with E-state index < -0.39 is 23.1 Å². The Hall–Kier alpha value is -0.720. The van der Waals surface area contributed by atoms with Crippen LogP contribution in [-0.2, 0) is 0 Å². The summed E-state index contributed by atoms with van der Waals surface area (Å²) >= 11 is 1.76. The SMILES string of the molecule is C[C@@H]1CCCN1C(=O)c1c(F)ccc(I)c1F. The van der Waals surface area contributed by atoms with E-state index in [1.54, 1.807) is 22.6 Å². The van der Waals surface area contributed by atoms with E-state index in [-0.39, 0.29) is 9.61 Å². The summed E-state index contributed by atoms with van der Waals surface area (Å²) in [5, 5.41) is 0. The van der Waals surface area contributed by atoms with Crippen molar-refractivity contribution in [1.29, 1.82) is 0 Å². The Morgan fingerprint density at radius 2 is 2.18 bits per heavy atom. The summed E-state index contributed by atoms with van der Waals surface area (Å²) in [4.78, 5) is 13.6. The van der Waals surface area contributed by atoms with Crippen LogP contribution in [0.1, 0.15) is 30.1 Å². The number of carbonyl (C=O) groups is 1. The molecular formula is C12H12F2INO. The first-order chi connectivity index (χ1) is 8.02. The minimum atomic E-state index is -0.785. The predicted molar refractivity (Wildman–Crippen MR) is 68.8 cm³/mol. The van der Waals surface area contributed by atoms with Crippen molar-refractivity contribution in [3.8, 4) is 0 Å². The number of carbonyl (C=O) groups excluding carboxylic acids is 1. The van der Waals surface area contributed by atoms with Gasteiger partial charge in [0.25, 0.3) is 5.91 Å². The van der Waals surface area contributed by atoms with Gasteiger partial charge in [0, 0.05) is 16.2 Å². The van der Waals surface area contributed by atoms with E-state index >= 15 is 0 Å². The molecule has 0 spiro atoms. The zero-order valence-electron chi connectivity index (χ0n) is 9.34. The van der Waals surface area contributed by atoms with Gasteiger partial charge in [-0.05, 0) is 54.5 Å². The minimum Gasteiger partial charge on any atom is -0.336 e. The Kier molecular flexibility index (Phi) is 3.65. The van der Waals surface area contributed by atoms with Gasteiger partial charge in [-0.2, -0.15) is 0 Å². The molecule has 1 aliphatic rings. The predicted octanol–water partition coefficient (Wildman–Crippen LogP) is 3.19. The molecule has 0 radical (unpaired) electrons. The molecule has 0 N–H and O–H groups in total. The van der Waals surface area contributed by atoms with Gasteiger partial charge in [0.05, 0.1) is 0 Å². The van der Waals surface area contributed by atoms with E-state index in [0.717, 1.165) is 18.9 Å². The smallest absolute Gasteiger partial charge is 0.260 e. The summed E-state index contributed by atoms with van der Waals surface area (Å²) in [6.45, 7) is 2.47. The molecule has 2 rings (SSSR count). The van der Waals surface area contributed by atoms with Crippen LogP contribution in [0.4, 0.5) is 8.78 Å². The molecule has 92 valence electrons. The highest BCUT2D eigenvalue weighted by Gasteiger charge is 2.30. The van der Waals surface area contributed by atoms with Crippen molar-refractivity contribution < 1.29 is 13.6 Å². The van der Waals surface area contributed by atoms with Crippen LogP contribution in [0.3, 0.4) is 0 Å². The molecular weight excluding hydrogens is 339 g/mol. The molecule has 1 atom stereocenters. The second-order valence-electron chi connectivity index (χ2n) is 4.21. The van der Waals surface area contributed by atoms with Crippen LogP contribution in [-0.4, -0.2) is 23.4 Å². The number of rotatable bonds is 1. The molecule has 1 aromatic carbocycles. The first kappa shape index (κ1) is 12.7. The molecule has 1 heterocycles. The molecule has 0 unspecified atom stereocenters. The summed E-state index contributed by atoms with van der Waals surface area (Å²) in [5.74, 6) is -2.08. The fourth-order valence-electron chi connectivity index (χ4n) is 2.10. The highest BCUT2D eigenvalue weighted by Crippen LogP contribution is 2.24. The maximum atomic E-state index is 13.8. The number of halogens is 3. The Labute approximate surface area is 112 Å². The fraction of sp³-hybridized carbons (Fsp3) is 0.417. The monoisotopic (exact) mass is 351 g/mol. The second-order valence-corrected chi connectivity index (χ2v) is 5.37. The summed E-state index contributed by atoms with van der Waals surface area (Å²) in [7, 11) is 0. The molecule has 0 aromatic heterocycles. The van der Waals surface area contributed by atoms with Gasteiger partial charge in [-0.25, -0.2) is 8.78 Å². The Morgan fingerprint density at radius 3 is 2.76 bits per heavy atom. The highest BCUT2D eigenvalue weighted by molar-refractivity contribution is 14.1. The second kappa shape index (κ2) is 4.88. The molecule has 1 fully saturated rings. The van der Waals surface area contributed by atoms with Crippen LogP contribution in [0.25, 0.3) is 0 Å². The Balaban J connectivity index is 2.40. The minimum absolute atomic E-state index is 0.0548. The van der Waals surface area contributed by atoms with Gasteiger partial charge in [-0.1, -0.05) is 0 Å². The molecule has 1 aliphatic heterocycles. The lowest BCUT2D eigenvalue weighted by Crippen LogP contribution is -2.35. The normalized spacial score (nSPS) is 19.8. The summed E-state index contributed by atoms with van der Waals surface area (Å²) in [6.07, 6.45) is 1.78. The molecule has 0 bridgehead atoms. The molecule has 1 amide bonds. The van der Waals surface area contributed by atoms with Crippen molar-refractivity contribution >= 4 is 28.5 Å². The molecule has 5 heteroatoms. The van der Waals surface area contributed by atoms with Gasteiger partial charge < -0.3 is 4.90 Å². The average Bonchev–Trinajstić information content (AvgIpc) is 2.70. The topological polar surface area (TPSA) is 20.3 Å². The zero-order valence-corrected chi connectivity index (χ0v) is 11.5. The van der Waals surface area contributed by atoms with E-state index in [0.29, 0.717) is 6.54 Å². The van der Waals surface area contributed by atoms with Crippen LogP contribution < -0.4 is 0 Å². The van der Waals surface area contributed by atoms with Crippen molar-refractivity contribution in [2.24, 2.45) is 0 Å². The Morgan fingerprint density at radius 1 is 1.47 bits per heavy atom. The molecule has 0 aliphatic carbocycles. The lowest BCUT2D eigenvalue weighted by Gasteiger charge is -2.22. The lowest BCUT2D eigenvalue weighted by atomic mass is 10.1. The summed E-state index contributed by atoms with van der Waals surface area (Å²) in [6, 6.07) is 2.52. The summed E-state index contributed by atoms with van der Waals surface area (Å²) < 4.78 is 27.6. The van der Waals surface area contributed by atoms with Crippen molar-refractivity contribution in [2.75, 3.05) is 6.54 Å². The van der Waals surface area contributed by atoms with Crippen LogP contribution in [0.2, 0.25) is 0 Å². The number of nitrogens with zero attached hydrogens (tertiary/aromatic N) is 1. The van der Waals surface area contributed by atoms with E-state index in [4.69, 9.17) is 0 Å². The standard InChI is InChI=1S/C12H12F2INO/c1-7-3-2-6-16(7)12(17)10-8(13)4-5-9(15)11(10)14/h4-5,7H,2-3,6H2,1H3/t7-/m1/s1.